The molecule has 0 amide bonds. The minimum Gasteiger partial charge on any atom is -0.480 e. The third-order valence-electron chi connectivity index (χ3n) is 8.59. The molecule has 0 bridgehead atoms. The molecule has 13 heteroatoms. The Bertz CT molecular complexity index is 2110. The van der Waals surface area contributed by atoms with Crippen molar-refractivity contribution in [1.29, 1.82) is 0 Å². The SMILES string of the molecule is COc1nc(-c2cccc(-c3cccc(Nc4nc(C)cc5c4c(=O)n(C)c(=O)n5C)c3C)c2Cl)cnc1CN[C@H]1CCOC[C@H]1O. The maximum absolute atomic E-state index is 13.2. The summed E-state index contributed by atoms with van der Waals surface area (Å²) in [6.07, 6.45) is 1.78. The molecule has 0 unspecified atom stereocenters. The van der Waals surface area contributed by atoms with Crippen molar-refractivity contribution in [1.82, 2.24) is 29.4 Å². The lowest BCUT2D eigenvalue weighted by Gasteiger charge is -2.28. The fourth-order valence-corrected chi connectivity index (χ4v) is 6.26. The summed E-state index contributed by atoms with van der Waals surface area (Å²) in [5, 5.41) is 17.7. The Morgan fingerprint density at radius 2 is 1.81 bits per heavy atom. The second kappa shape index (κ2) is 13.2. The van der Waals surface area contributed by atoms with Crippen LogP contribution in [0.5, 0.6) is 5.88 Å². The molecule has 2 aromatic carbocycles. The number of aryl methyl sites for hydroxylation is 2. The average molecular weight is 658 g/mol. The van der Waals surface area contributed by atoms with E-state index in [2.05, 4.69) is 20.6 Å². The van der Waals surface area contributed by atoms with Crippen LogP contribution in [0.1, 0.15) is 23.4 Å². The first-order chi connectivity index (χ1) is 22.6. The zero-order chi connectivity index (χ0) is 33.4. The lowest BCUT2D eigenvalue weighted by Crippen LogP contribution is -2.46. The summed E-state index contributed by atoms with van der Waals surface area (Å²) in [6, 6.07) is 13.1. The molecule has 2 atom stereocenters. The van der Waals surface area contributed by atoms with Gasteiger partial charge in [-0.05, 0) is 43.5 Å². The molecule has 47 heavy (non-hydrogen) atoms. The van der Waals surface area contributed by atoms with Gasteiger partial charge in [0, 0.05) is 55.8 Å². The summed E-state index contributed by atoms with van der Waals surface area (Å²) in [6.45, 7) is 5.05. The molecule has 3 N–H and O–H groups in total. The van der Waals surface area contributed by atoms with E-state index in [1.54, 1.807) is 26.4 Å². The van der Waals surface area contributed by atoms with Gasteiger partial charge in [0.2, 0.25) is 5.88 Å². The van der Waals surface area contributed by atoms with Crippen LogP contribution >= 0.6 is 11.6 Å². The average Bonchev–Trinajstić information content (AvgIpc) is 3.07. The topological polar surface area (TPSA) is 145 Å². The van der Waals surface area contributed by atoms with Crippen molar-refractivity contribution in [2.45, 2.75) is 39.0 Å². The molecule has 1 aliphatic heterocycles. The summed E-state index contributed by atoms with van der Waals surface area (Å²) in [5.74, 6) is 0.724. The van der Waals surface area contributed by atoms with Crippen LogP contribution in [0.2, 0.25) is 5.02 Å². The number of methoxy groups -OCH3 is 1. The van der Waals surface area contributed by atoms with Crippen molar-refractivity contribution in [3.8, 4) is 28.3 Å². The van der Waals surface area contributed by atoms with Crippen molar-refractivity contribution in [2.75, 3.05) is 25.6 Å². The van der Waals surface area contributed by atoms with Gasteiger partial charge in [-0.15, -0.1) is 0 Å². The van der Waals surface area contributed by atoms with Crippen LogP contribution in [0.15, 0.2) is 58.3 Å². The van der Waals surface area contributed by atoms with Crippen molar-refractivity contribution in [3.63, 3.8) is 0 Å². The number of rotatable bonds is 8. The molecule has 1 fully saturated rings. The minimum absolute atomic E-state index is 0.103. The summed E-state index contributed by atoms with van der Waals surface area (Å²) in [4.78, 5) is 39.8. The summed E-state index contributed by atoms with van der Waals surface area (Å²) >= 11 is 7.08. The van der Waals surface area contributed by atoms with Gasteiger partial charge >= 0.3 is 5.69 Å². The highest BCUT2D eigenvalue weighted by Crippen LogP contribution is 2.39. The molecule has 1 saturated heterocycles. The van der Waals surface area contributed by atoms with E-state index in [0.29, 0.717) is 76.4 Å². The zero-order valence-corrected chi connectivity index (χ0v) is 27.6. The van der Waals surface area contributed by atoms with Gasteiger partial charge < -0.3 is 25.2 Å². The highest BCUT2D eigenvalue weighted by atomic mass is 35.5. The Balaban J connectivity index is 1.34. The molecule has 1 aliphatic rings. The molecule has 5 aromatic rings. The summed E-state index contributed by atoms with van der Waals surface area (Å²) < 4.78 is 13.4. The normalized spacial score (nSPS) is 16.4. The van der Waals surface area contributed by atoms with Crippen LogP contribution in [0.3, 0.4) is 0 Å². The van der Waals surface area contributed by atoms with Gasteiger partial charge in [0.05, 0.1) is 42.3 Å². The Morgan fingerprint density at radius 1 is 1.06 bits per heavy atom. The number of hydrogen-bond acceptors (Lipinski definition) is 10. The van der Waals surface area contributed by atoms with E-state index >= 15 is 0 Å². The van der Waals surface area contributed by atoms with Gasteiger partial charge in [-0.1, -0.05) is 41.9 Å². The number of anilines is 2. The van der Waals surface area contributed by atoms with Crippen LogP contribution in [0, 0.1) is 13.8 Å². The lowest BCUT2D eigenvalue weighted by molar-refractivity contribution is -0.0281. The number of nitrogens with zero attached hydrogens (tertiary/aromatic N) is 5. The van der Waals surface area contributed by atoms with Gasteiger partial charge in [-0.3, -0.25) is 18.9 Å². The Kier molecular flexibility index (Phi) is 9.11. The molecule has 0 spiro atoms. The number of aliphatic hydroxyl groups is 1. The van der Waals surface area contributed by atoms with E-state index in [4.69, 9.17) is 26.1 Å². The van der Waals surface area contributed by atoms with E-state index < -0.39 is 17.4 Å². The fourth-order valence-electron chi connectivity index (χ4n) is 5.93. The van der Waals surface area contributed by atoms with E-state index in [1.807, 2.05) is 50.2 Å². The summed E-state index contributed by atoms with van der Waals surface area (Å²) in [5.41, 5.74) is 5.43. The van der Waals surface area contributed by atoms with Crippen molar-refractivity contribution >= 4 is 34.0 Å². The fraction of sp³-hybridized carbons (Fsp3) is 0.324. The van der Waals surface area contributed by atoms with Crippen molar-refractivity contribution in [3.05, 3.63) is 91.5 Å². The molecular weight excluding hydrogens is 622 g/mol. The predicted octanol–water partition coefficient (Wildman–Crippen LogP) is 4.02. The second-order valence-electron chi connectivity index (χ2n) is 11.6. The molecular formula is C34H36ClN7O5. The molecule has 3 aromatic heterocycles. The second-order valence-corrected chi connectivity index (χ2v) is 12.0. The third-order valence-corrected chi connectivity index (χ3v) is 9.00. The van der Waals surface area contributed by atoms with Crippen molar-refractivity contribution < 1.29 is 14.6 Å². The van der Waals surface area contributed by atoms with Crippen LogP contribution in [0.4, 0.5) is 11.5 Å². The van der Waals surface area contributed by atoms with Crippen LogP contribution in [-0.4, -0.2) is 61.7 Å². The molecule has 0 radical (unpaired) electrons. The number of benzene rings is 2. The van der Waals surface area contributed by atoms with E-state index in [1.165, 1.54) is 11.6 Å². The van der Waals surface area contributed by atoms with Crippen LogP contribution < -0.4 is 26.6 Å². The number of halogens is 1. The first kappa shape index (κ1) is 32.3. The number of hydrogen-bond donors (Lipinski definition) is 3. The van der Waals surface area contributed by atoms with Gasteiger partial charge in [-0.25, -0.2) is 14.8 Å². The zero-order valence-electron chi connectivity index (χ0n) is 26.8. The largest absolute Gasteiger partial charge is 0.480 e. The highest BCUT2D eigenvalue weighted by molar-refractivity contribution is 6.36. The maximum Gasteiger partial charge on any atom is 0.330 e. The number of nitrogens with one attached hydrogen (secondary N) is 2. The van der Waals surface area contributed by atoms with Gasteiger partial charge in [-0.2, -0.15) is 0 Å². The predicted molar refractivity (Wildman–Crippen MR) is 182 cm³/mol. The summed E-state index contributed by atoms with van der Waals surface area (Å²) in [7, 11) is 4.64. The van der Waals surface area contributed by atoms with E-state index in [9.17, 15) is 14.7 Å². The lowest BCUT2D eigenvalue weighted by atomic mass is 9.96. The first-order valence-electron chi connectivity index (χ1n) is 15.2. The number of aromatic nitrogens is 5. The smallest absolute Gasteiger partial charge is 0.330 e. The standard InChI is InChI=1S/C34H36ClN7O5/c1-18-14-27-29(33(44)42(4)34(45)41(27)3)31(38-18)39-23-11-7-8-20(19(23)2)21-9-6-10-22(30(21)35)25-15-37-26(32(40-25)46-5)16-36-24-12-13-47-17-28(24)43/h6-11,14-15,24,28,36,43H,12-13,16-17H2,1-5H3,(H,38,39)/t24-,28+/m0/s1. The van der Waals surface area contributed by atoms with Gasteiger partial charge in [0.1, 0.15) is 16.9 Å². The van der Waals surface area contributed by atoms with Gasteiger partial charge in [0.25, 0.3) is 5.56 Å². The minimum atomic E-state index is -0.587. The monoisotopic (exact) mass is 657 g/mol. The van der Waals surface area contributed by atoms with E-state index in [0.717, 1.165) is 26.9 Å². The Morgan fingerprint density at radius 3 is 2.57 bits per heavy atom. The highest BCUT2D eigenvalue weighted by Gasteiger charge is 2.24. The number of fused-ring (bicyclic) bond motifs is 1. The molecule has 6 rings (SSSR count). The Hall–Kier alpha value is -4.62. The molecule has 0 aliphatic carbocycles. The quantitative estimate of drug-likeness (QED) is 0.224. The molecule has 244 valence electrons. The third kappa shape index (κ3) is 6.12. The van der Waals surface area contributed by atoms with Gasteiger partial charge in [0.15, 0.2) is 0 Å². The number of pyridine rings is 1. The van der Waals surface area contributed by atoms with Crippen molar-refractivity contribution in [2.24, 2.45) is 14.1 Å². The van der Waals surface area contributed by atoms with Crippen LogP contribution in [-0.2, 0) is 25.4 Å². The molecule has 4 heterocycles. The maximum atomic E-state index is 13.2. The van der Waals surface area contributed by atoms with Crippen LogP contribution in [0.25, 0.3) is 33.3 Å². The number of aliphatic hydroxyl groups excluding tert-OH is 1. The first-order valence-corrected chi connectivity index (χ1v) is 15.6. The molecule has 0 saturated carbocycles. The number of ether oxygens (including phenoxy) is 2. The molecule has 12 nitrogen and oxygen atoms in total. The Labute approximate surface area is 276 Å². The van der Waals surface area contributed by atoms with E-state index in [-0.39, 0.29) is 6.04 Å².